The van der Waals surface area contributed by atoms with Crippen LogP contribution >= 0.6 is 0 Å². The number of benzene rings is 1. The number of likely N-dealkylation sites (N-methyl/N-ethyl adjacent to an activating group) is 1. The van der Waals surface area contributed by atoms with E-state index in [1.165, 1.54) is 4.31 Å². The quantitative estimate of drug-likeness (QED) is 0.760. The molecule has 7 heteroatoms. The van der Waals surface area contributed by atoms with Crippen LogP contribution < -0.4 is 10.1 Å². The van der Waals surface area contributed by atoms with Crippen molar-refractivity contribution in [3.63, 3.8) is 0 Å². The van der Waals surface area contributed by atoms with E-state index in [0.29, 0.717) is 12.3 Å². The second-order valence-electron chi connectivity index (χ2n) is 7.38. The molecule has 0 radical (unpaired) electrons. The third-order valence-corrected chi connectivity index (χ3v) is 6.60. The molecule has 0 aromatic heterocycles. The highest BCUT2D eigenvalue weighted by Crippen LogP contribution is 2.33. The normalized spacial score (nSPS) is 23.4. The second-order valence-corrected chi connectivity index (χ2v) is 9.24. The van der Waals surface area contributed by atoms with Crippen LogP contribution in [0.15, 0.2) is 23.1 Å². The van der Waals surface area contributed by atoms with Gasteiger partial charge in [-0.1, -0.05) is 32.6 Å². The first-order valence-corrected chi connectivity index (χ1v) is 10.7. The van der Waals surface area contributed by atoms with Crippen molar-refractivity contribution in [2.24, 2.45) is 11.8 Å². The minimum Gasteiger partial charge on any atom is -0.487 e. The van der Waals surface area contributed by atoms with Crippen molar-refractivity contribution in [3.05, 3.63) is 23.8 Å². The first kappa shape index (κ1) is 21.7. The van der Waals surface area contributed by atoms with Crippen LogP contribution in [0, 0.1) is 23.7 Å². The largest absolute Gasteiger partial charge is 0.487 e. The lowest BCUT2D eigenvalue weighted by Gasteiger charge is -2.36. The second kappa shape index (κ2) is 9.07. The molecule has 0 unspecified atom stereocenters. The van der Waals surface area contributed by atoms with E-state index < -0.39 is 16.1 Å². The summed E-state index contributed by atoms with van der Waals surface area (Å²) in [7, 11) is -1.96. The smallest absolute Gasteiger partial charge is 0.247 e. The lowest BCUT2D eigenvalue weighted by atomic mass is 10.0. The highest BCUT2D eigenvalue weighted by atomic mass is 32.2. The third kappa shape index (κ3) is 5.02. The molecule has 150 valence electrons. The number of sulfonamides is 1. The van der Waals surface area contributed by atoms with Crippen LogP contribution in [0.2, 0.25) is 0 Å². The van der Waals surface area contributed by atoms with Crippen molar-refractivity contribution in [1.29, 1.82) is 0 Å². The molecule has 0 amide bonds. The van der Waals surface area contributed by atoms with E-state index in [1.807, 2.05) is 27.8 Å². The summed E-state index contributed by atoms with van der Waals surface area (Å²) in [5.74, 6) is 6.63. The van der Waals surface area contributed by atoms with Crippen LogP contribution in [0.3, 0.4) is 0 Å². The predicted octanol–water partition coefficient (Wildman–Crippen LogP) is 1.68. The molecule has 27 heavy (non-hydrogen) atoms. The van der Waals surface area contributed by atoms with Crippen LogP contribution in [0.4, 0.5) is 0 Å². The van der Waals surface area contributed by atoms with Gasteiger partial charge in [-0.15, -0.1) is 0 Å². The number of fused-ring (bicyclic) bond motifs is 1. The van der Waals surface area contributed by atoms with Crippen molar-refractivity contribution >= 4 is 10.0 Å². The van der Waals surface area contributed by atoms with Gasteiger partial charge < -0.3 is 15.2 Å². The molecule has 2 rings (SSSR count). The number of rotatable bonds is 4. The average molecular weight is 395 g/mol. The monoisotopic (exact) mass is 394 g/mol. The Kier molecular flexibility index (Phi) is 7.29. The summed E-state index contributed by atoms with van der Waals surface area (Å²) in [4.78, 5) is 0.117. The van der Waals surface area contributed by atoms with Gasteiger partial charge in [0.05, 0.1) is 6.61 Å². The molecule has 0 aliphatic carbocycles. The zero-order valence-corrected chi connectivity index (χ0v) is 17.5. The zero-order valence-electron chi connectivity index (χ0n) is 16.7. The molecule has 0 saturated carbocycles. The molecule has 6 nitrogen and oxygen atoms in total. The van der Waals surface area contributed by atoms with Crippen molar-refractivity contribution in [2.45, 2.75) is 44.7 Å². The van der Waals surface area contributed by atoms with E-state index in [9.17, 15) is 13.5 Å². The summed E-state index contributed by atoms with van der Waals surface area (Å²) < 4.78 is 34.0. The third-order valence-electron chi connectivity index (χ3n) is 4.58. The van der Waals surface area contributed by atoms with Gasteiger partial charge in [-0.05, 0) is 32.2 Å². The van der Waals surface area contributed by atoms with Gasteiger partial charge in [0.25, 0.3) is 0 Å². The van der Waals surface area contributed by atoms with E-state index in [1.54, 1.807) is 25.1 Å². The Balaban J connectivity index is 2.60. The number of nitrogens with one attached hydrogen (secondary N) is 1. The summed E-state index contributed by atoms with van der Waals surface area (Å²) >= 11 is 0. The minimum atomic E-state index is -3.79. The molecule has 1 aromatic rings. The molecule has 1 aliphatic heterocycles. The number of aliphatic hydroxyl groups excluding tert-OH is 1. The summed E-state index contributed by atoms with van der Waals surface area (Å²) in [6.07, 6.45) is -0.203. The van der Waals surface area contributed by atoms with Crippen molar-refractivity contribution in [3.8, 4) is 17.6 Å². The Hall–Kier alpha value is -1.59. The number of hydrogen-bond donors (Lipinski definition) is 2. The van der Waals surface area contributed by atoms with Crippen LogP contribution in [0.25, 0.3) is 0 Å². The first-order chi connectivity index (χ1) is 12.7. The van der Waals surface area contributed by atoms with Gasteiger partial charge in [-0.2, -0.15) is 4.31 Å². The maximum Gasteiger partial charge on any atom is 0.247 e. The van der Waals surface area contributed by atoms with Crippen molar-refractivity contribution in [1.82, 2.24) is 9.62 Å². The van der Waals surface area contributed by atoms with Gasteiger partial charge in [0.1, 0.15) is 16.7 Å². The van der Waals surface area contributed by atoms with Gasteiger partial charge in [0, 0.05) is 36.5 Å². The molecule has 1 aromatic carbocycles. The average Bonchev–Trinajstić information content (AvgIpc) is 2.62. The topological polar surface area (TPSA) is 78.9 Å². The lowest BCUT2D eigenvalue weighted by Crippen LogP contribution is -2.49. The fourth-order valence-electron chi connectivity index (χ4n) is 2.98. The molecule has 0 saturated heterocycles. The maximum absolute atomic E-state index is 13.2. The summed E-state index contributed by atoms with van der Waals surface area (Å²) in [6, 6.07) is 4.44. The highest BCUT2D eigenvalue weighted by Gasteiger charge is 2.37. The summed E-state index contributed by atoms with van der Waals surface area (Å²) in [6.45, 7) is 8.30. The van der Waals surface area contributed by atoms with E-state index in [4.69, 9.17) is 4.74 Å². The predicted molar refractivity (Wildman–Crippen MR) is 106 cm³/mol. The Labute approximate surface area is 163 Å². The molecule has 3 atom stereocenters. The fraction of sp³-hybridized carbons (Fsp3) is 0.600. The number of nitrogens with zero attached hydrogens (tertiary/aromatic N) is 1. The van der Waals surface area contributed by atoms with Crippen molar-refractivity contribution in [2.75, 3.05) is 26.7 Å². The molecule has 1 heterocycles. The van der Waals surface area contributed by atoms with E-state index in [-0.39, 0.29) is 36.0 Å². The van der Waals surface area contributed by atoms with Crippen LogP contribution in [-0.4, -0.2) is 56.7 Å². The number of hydrogen-bond acceptors (Lipinski definition) is 5. The van der Waals surface area contributed by atoms with Gasteiger partial charge in [-0.3, -0.25) is 0 Å². The molecule has 1 aliphatic rings. The fourth-order valence-corrected chi connectivity index (χ4v) is 4.80. The van der Waals surface area contributed by atoms with Crippen LogP contribution in [0.1, 0.15) is 33.3 Å². The van der Waals surface area contributed by atoms with Crippen LogP contribution in [-0.2, 0) is 10.0 Å². The molecule has 0 bridgehead atoms. The van der Waals surface area contributed by atoms with Gasteiger partial charge in [0.2, 0.25) is 10.0 Å². The number of aliphatic hydroxyl groups is 1. The minimum absolute atomic E-state index is 0.0558. The summed E-state index contributed by atoms with van der Waals surface area (Å²) in [5.41, 5.74) is 0.718. The van der Waals surface area contributed by atoms with E-state index in [2.05, 4.69) is 17.2 Å². The molecule has 0 spiro atoms. The number of ether oxygens (including phenoxy) is 1. The van der Waals surface area contributed by atoms with Crippen LogP contribution in [0.5, 0.6) is 5.75 Å². The van der Waals surface area contributed by atoms with E-state index >= 15 is 0 Å². The van der Waals surface area contributed by atoms with Gasteiger partial charge >= 0.3 is 0 Å². The Morgan fingerprint density at radius 2 is 2.07 bits per heavy atom. The standard InChI is InChI=1S/C20H30N2O4S/c1-14(2)6-7-17-8-9-20-18(10-17)26-19(11-21-5)15(3)12-22(16(4)13-23)27(20,24)25/h8-10,14-16,19,21,23H,11-13H2,1-5H3/t15-,16+,19+/m1/s1. The van der Waals surface area contributed by atoms with E-state index in [0.717, 1.165) is 5.56 Å². The van der Waals surface area contributed by atoms with Crippen molar-refractivity contribution < 1.29 is 18.3 Å². The maximum atomic E-state index is 13.2. The van der Waals surface area contributed by atoms with Gasteiger partial charge in [0.15, 0.2) is 0 Å². The lowest BCUT2D eigenvalue weighted by molar-refractivity contribution is 0.103. The molecule has 2 N–H and O–H groups in total. The Bertz CT molecular complexity index is 811. The van der Waals surface area contributed by atoms with Gasteiger partial charge in [-0.25, -0.2) is 8.42 Å². The summed E-state index contributed by atoms with van der Waals surface area (Å²) in [5, 5.41) is 12.7. The molecular weight excluding hydrogens is 364 g/mol. The Morgan fingerprint density at radius 1 is 1.37 bits per heavy atom. The Morgan fingerprint density at radius 3 is 2.67 bits per heavy atom. The zero-order chi connectivity index (χ0) is 20.2. The SMILES string of the molecule is CNC[C@@H]1Oc2cc(C#CC(C)C)ccc2S(=O)(=O)N([C@@H](C)CO)C[C@H]1C. The molecular formula is C20H30N2O4S. The molecule has 0 fully saturated rings. The first-order valence-electron chi connectivity index (χ1n) is 9.30. The highest BCUT2D eigenvalue weighted by molar-refractivity contribution is 7.89.